The first kappa shape index (κ1) is 72.8. The number of nitrogens with one attached hydrogen (secondary N) is 8. The highest BCUT2D eigenvalue weighted by atomic mass is 32.2. The molecule has 0 aliphatic heterocycles. The number of H-pyrrole nitrogens is 5. The molecule has 12 aromatic rings. The number of aliphatic hydroxyl groups excluding tert-OH is 1. The Balaban J connectivity index is 0.000000158. The zero-order valence-electron chi connectivity index (χ0n) is 56.5. The van der Waals surface area contributed by atoms with Crippen molar-refractivity contribution in [2.24, 2.45) is 5.73 Å². The highest BCUT2D eigenvalue weighted by Crippen LogP contribution is 2.28. The Labute approximate surface area is 567 Å². The van der Waals surface area contributed by atoms with Crippen LogP contribution in [0.3, 0.4) is 0 Å². The van der Waals surface area contributed by atoms with Crippen LogP contribution in [0.4, 0.5) is 5.82 Å². The van der Waals surface area contributed by atoms with Crippen LogP contribution in [0.25, 0.3) is 59.4 Å². The van der Waals surface area contributed by atoms with Crippen molar-refractivity contribution in [2.75, 3.05) is 13.2 Å². The lowest BCUT2D eigenvalue weighted by atomic mass is 10.1. The fraction of sp³-hybridized carbons (Fsp3) is 0.274. The molecule has 0 bridgehead atoms. The Bertz CT molecular complexity index is 4890. The number of Topliss-reactive ketones (excluding diaryl/α,β-unsaturated/α-hetero) is 1. The van der Waals surface area contributed by atoms with Crippen molar-refractivity contribution in [1.29, 1.82) is 0 Å². The second kappa shape index (κ2) is 32.6. The summed E-state index contributed by atoms with van der Waals surface area (Å²) >= 11 is 0. The molecular formula is C73H80N12O12S. The van der Waals surface area contributed by atoms with Gasteiger partial charge in [-0.05, 0) is 202 Å². The number of aromatic nitrogens is 7. The van der Waals surface area contributed by atoms with E-state index in [0.29, 0.717) is 53.1 Å². The lowest BCUT2D eigenvalue weighted by Gasteiger charge is -2.22. The van der Waals surface area contributed by atoms with Crippen LogP contribution < -0.4 is 21.1 Å². The van der Waals surface area contributed by atoms with Gasteiger partial charge in [0.25, 0.3) is 11.8 Å². The molecule has 0 fully saturated rings. The van der Waals surface area contributed by atoms with Gasteiger partial charge >= 0.3 is 11.9 Å². The molecule has 25 heteroatoms. The molecule has 0 saturated carbocycles. The highest BCUT2D eigenvalue weighted by Gasteiger charge is 2.23. The van der Waals surface area contributed by atoms with E-state index in [2.05, 4.69) is 61.5 Å². The van der Waals surface area contributed by atoms with E-state index in [1.165, 1.54) is 6.92 Å². The third-order valence-corrected chi connectivity index (χ3v) is 17.0. The Morgan fingerprint density at radius 3 is 1.48 bits per heavy atom. The summed E-state index contributed by atoms with van der Waals surface area (Å²) in [7, 11) is -1.14. The Hall–Kier alpha value is -11.0. The molecule has 7 heterocycles. The van der Waals surface area contributed by atoms with E-state index in [4.69, 9.17) is 35.9 Å². The fourth-order valence-corrected chi connectivity index (χ4v) is 10.8. The summed E-state index contributed by atoms with van der Waals surface area (Å²) in [6.45, 7) is 29.8. The average molecular weight is 1350 g/mol. The molecule has 0 aliphatic rings. The predicted octanol–water partition coefficient (Wildman–Crippen LogP) is 14.0. The maximum Gasteiger partial charge on any atom is 0.354 e. The summed E-state index contributed by atoms with van der Waals surface area (Å²) in [6, 6.07) is 40.5. The summed E-state index contributed by atoms with van der Waals surface area (Å²) in [4.78, 5) is 88.0. The van der Waals surface area contributed by atoms with Gasteiger partial charge < -0.3 is 69.8 Å². The van der Waals surface area contributed by atoms with Gasteiger partial charge in [-0.1, -0.05) is 41.2 Å². The van der Waals surface area contributed by atoms with Gasteiger partial charge in [-0.15, -0.1) is 0 Å². The zero-order valence-corrected chi connectivity index (χ0v) is 57.3. The van der Waals surface area contributed by atoms with E-state index in [1.807, 2.05) is 121 Å². The Morgan fingerprint density at radius 2 is 1.03 bits per heavy atom. The molecular weight excluding hydrogens is 1270 g/mol. The predicted molar refractivity (Wildman–Crippen MR) is 377 cm³/mol. The van der Waals surface area contributed by atoms with Gasteiger partial charge in [0.05, 0.1) is 64.7 Å². The highest BCUT2D eigenvalue weighted by molar-refractivity contribution is 7.84. The maximum atomic E-state index is 12.2. The fourth-order valence-electron chi connectivity index (χ4n) is 10.0. The van der Waals surface area contributed by atoms with E-state index in [1.54, 1.807) is 82.3 Å². The first-order valence-corrected chi connectivity index (χ1v) is 32.7. The van der Waals surface area contributed by atoms with Crippen LogP contribution in [0.5, 0.6) is 0 Å². The van der Waals surface area contributed by atoms with Gasteiger partial charge in [0, 0.05) is 84.5 Å². The number of carbonyl (C=O) groups excluding carboxylic acids is 6. The number of nitrogens with two attached hydrogens (primary N) is 1. The average Bonchev–Trinajstić information content (AvgIpc) is 1.69. The molecule has 0 radical (unpaired) electrons. The number of amides is 2. The van der Waals surface area contributed by atoms with Gasteiger partial charge in [-0.3, -0.25) is 19.2 Å². The lowest BCUT2D eigenvalue weighted by Crippen LogP contribution is -2.34. The molecule has 2 amide bonds. The number of aryl methyl sites for hydroxylation is 2. The van der Waals surface area contributed by atoms with Crippen LogP contribution in [0.2, 0.25) is 0 Å². The molecule has 98 heavy (non-hydrogen) atoms. The van der Waals surface area contributed by atoms with Crippen LogP contribution in [-0.2, 0) is 27.1 Å². The number of ketones is 1. The molecule has 5 aromatic carbocycles. The molecule has 510 valence electrons. The summed E-state index contributed by atoms with van der Waals surface area (Å²) in [5.41, 5.74) is 18.5. The van der Waals surface area contributed by atoms with Gasteiger partial charge in [0.15, 0.2) is 12.1 Å². The van der Waals surface area contributed by atoms with E-state index in [0.717, 1.165) is 88.7 Å². The van der Waals surface area contributed by atoms with E-state index < -0.39 is 11.0 Å². The van der Waals surface area contributed by atoms with Crippen LogP contribution in [0, 0.1) is 20.4 Å². The largest absolute Gasteiger partial charge is 0.461 e. The quantitative estimate of drug-likeness (QED) is 0.0175. The minimum atomic E-state index is -1.14. The van der Waals surface area contributed by atoms with Gasteiger partial charge in [-0.25, -0.2) is 18.5 Å². The van der Waals surface area contributed by atoms with Crippen molar-refractivity contribution >= 4 is 107 Å². The number of hydrogen-bond acceptors (Lipinski definition) is 15. The van der Waals surface area contributed by atoms with Crippen molar-refractivity contribution in [3.05, 3.63) is 218 Å². The third kappa shape index (κ3) is 18.9. The second-order valence-electron chi connectivity index (χ2n) is 24.2. The molecule has 0 unspecified atom stereocenters. The number of fused-ring (bicyclic) bond motifs is 5. The van der Waals surface area contributed by atoms with Gasteiger partial charge in [-0.2, -0.15) is 0 Å². The normalized spacial score (nSPS) is 12.6. The van der Waals surface area contributed by atoms with Crippen molar-refractivity contribution in [3.63, 3.8) is 0 Å². The molecule has 11 N–H and O–H groups in total. The van der Waals surface area contributed by atoms with E-state index in [-0.39, 0.29) is 76.6 Å². The molecule has 7 aromatic heterocycles. The van der Waals surface area contributed by atoms with E-state index >= 15 is 0 Å². The molecule has 12 rings (SSSR count). The SMILES string of the molecule is CCOC(=O)c1cc2cc(C(C)=O)ccc2[nH]1.CCOC(=O)c1cc2cc([C@@H](C)N[S@@](=O)C(C)(C)C)ccc2[nH]1.C[C@@H](N)c1ccc2[nH]c(CO)cc2c1.Cc1cc(C(=O)N[C@H](C)c2ccc3[nH]c(C=O)cc3c2)on1.[C-]#[N+]c1cc2cc([C@@H](C)NC(=O)c3cc(C)no3)ccc2[nH]1. The number of ether oxygens (including phenoxy) is 2. The number of esters is 2. The van der Waals surface area contributed by atoms with Gasteiger partial charge in [0.1, 0.15) is 16.9 Å². The third-order valence-electron chi connectivity index (χ3n) is 15.3. The summed E-state index contributed by atoms with van der Waals surface area (Å²) in [5.74, 6) is -0.456. The van der Waals surface area contributed by atoms with Gasteiger partial charge in [0.2, 0.25) is 17.3 Å². The number of aldehydes is 1. The summed E-state index contributed by atoms with van der Waals surface area (Å²) in [5, 5.41) is 26.8. The lowest BCUT2D eigenvalue weighted by molar-refractivity contribution is 0.0511. The van der Waals surface area contributed by atoms with Crippen LogP contribution in [-0.4, -0.2) is 98.3 Å². The number of rotatable bonds is 17. The maximum absolute atomic E-state index is 12.2. The number of nitrogens with zero attached hydrogens (tertiary/aromatic N) is 3. The minimum Gasteiger partial charge on any atom is -0.461 e. The van der Waals surface area contributed by atoms with Crippen LogP contribution in [0.1, 0.15) is 196 Å². The molecule has 5 atom stereocenters. The molecule has 0 aliphatic carbocycles. The minimum absolute atomic E-state index is 0.00536. The number of carbonyl (C=O) groups is 6. The molecule has 0 spiro atoms. The Kier molecular flexibility index (Phi) is 24.2. The molecule has 24 nitrogen and oxygen atoms in total. The zero-order chi connectivity index (χ0) is 71.1. The monoisotopic (exact) mass is 1350 g/mol. The van der Waals surface area contributed by atoms with Crippen LogP contribution >= 0.6 is 0 Å². The standard InChI is InChI=1S/C17H24N2O3S.C16H14N4O2.C16H15N3O3.C13H13NO3.C11H14N2O/c1-6-22-16(20)15-10-13-9-12(7-8-14(13)18-15)11(2)19-23(21)17(3,4)5;1-9-6-14(22-20-9)16(21)18-10(2)11-4-5-13-12(7-11)8-15(17-3)19-13;1-9-5-15(22-19-9)16(21)17-10(2)11-3-4-14-12(6-11)7-13(8-20)18-14;1-3-17-13(16)12-7-10-6-9(8(2)15)4-5-11(10)14-12;1-7(12)8-2-3-11-9(4-8)5-10(6-14)13-11/h7-11,18-19H,6H2,1-5H3;4-8,10,19H,1-2H3,(H,18,21);3-8,10,18H,1-2H3,(H,17,21);4-7,14H,3H2,1-2H3;2-5,7,13-14H,6,12H2,1H3/t11-,23+;2*10-;;7-/m111.1/s1. The smallest absolute Gasteiger partial charge is 0.354 e. The van der Waals surface area contributed by atoms with Crippen molar-refractivity contribution in [1.82, 2.24) is 50.6 Å². The first-order valence-electron chi connectivity index (χ1n) is 31.5. The number of benzene rings is 5. The Morgan fingerprint density at radius 1 is 0.602 bits per heavy atom. The van der Waals surface area contributed by atoms with Crippen molar-refractivity contribution in [3.8, 4) is 0 Å². The van der Waals surface area contributed by atoms with Crippen LogP contribution in [0.15, 0.2) is 143 Å². The number of hydrogen-bond donors (Lipinski definition) is 10. The van der Waals surface area contributed by atoms with E-state index in [9.17, 15) is 33.0 Å². The summed E-state index contributed by atoms with van der Waals surface area (Å²) in [6.07, 6.45) is 0.775. The topological polar surface area (TPSA) is 356 Å². The number of aromatic amines is 5. The molecule has 0 saturated heterocycles. The number of aliphatic hydroxyl groups is 1. The summed E-state index contributed by atoms with van der Waals surface area (Å²) < 4.78 is 34.8. The van der Waals surface area contributed by atoms with Crippen molar-refractivity contribution in [2.45, 2.75) is 119 Å². The first-order chi connectivity index (χ1) is 46.7. The second-order valence-corrected chi connectivity index (χ2v) is 26.2. The van der Waals surface area contributed by atoms with Crippen molar-refractivity contribution < 1.29 is 56.6 Å².